The van der Waals surface area contributed by atoms with Gasteiger partial charge in [0.05, 0.1) is 38.8 Å². The summed E-state index contributed by atoms with van der Waals surface area (Å²) in [5.41, 5.74) is 1.80. The summed E-state index contributed by atoms with van der Waals surface area (Å²) in [6.45, 7) is 2.09. The molecule has 0 aliphatic rings. The minimum absolute atomic E-state index is 0.00890. The molecule has 0 spiro atoms. The van der Waals surface area contributed by atoms with Crippen LogP contribution in [0.3, 0.4) is 0 Å². The quantitative estimate of drug-likeness (QED) is 0.683. The zero-order valence-corrected chi connectivity index (χ0v) is 14.6. The molecule has 2 aromatic heterocycles. The van der Waals surface area contributed by atoms with Crippen molar-refractivity contribution in [3.63, 3.8) is 0 Å². The smallest absolute Gasteiger partial charge is 0.214 e. The SMILES string of the molecule is CCC(CO)Nc1nn2c(-c3ccc(OC)c(OC)c3)cnc2s1. The topological polar surface area (TPSA) is 80.9 Å². The number of aliphatic hydroxyl groups is 1. The minimum Gasteiger partial charge on any atom is -0.493 e. The standard InChI is InChI=1S/C16H20N4O3S/c1-4-11(9-21)18-15-19-20-12(8-17-16(20)24-15)10-5-6-13(22-2)14(7-10)23-3/h5-8,11,21H,4,9H2,1-3H3,(H,18,19). The first-order valence-electron chi connectivity index (χ1n) is 7.64. The number of anilines is 1. The second-order valence-electron chi connectivity index (χ2n) is 5.25. The van der Waals surface area contributed by atoms with Crippen LogP contribution in [-0.4, -0.2) is 46.6 Å². The van der Waals surface area contributed by atoms with Crippen molar-refractivity contribution >= 4 is 21.4 Å². The van der Waals surface area contributed by atoms with E-state index in [2.05, 4.69) is 15.4 Å². The number of imidazole rings is 1. The van der Waals surface area contributed by atoms with Crippen molar-refractivity contribution in [1.29, 1.82) is 0 Å². The monoisotopic (exact) mass is 348 g/mol. The highest BCUT2D eigenvalue weighted by Gasteiger charge is 2.15. The maximum Gasteiger partial charge on any atom is 0.214 e. The van der Waals surface area contributed by atoms with E-state index in [1.807, 2.05) is 25.1 Å². The number of aromatic nitrogens is 3. The predicted octanol–water partition coefficient (Wildman–Crippen LogP) is 2.66. The molecule has 0 aliphatic heterocycles. The van der Waals surface area contributed by atoms with Gasteiger partial charge in [-0.2, -0.15) is 0 Å². The van der Waals surface area contributed by atoms with E-state index in [9.17, 15) is 5.11 Å². The number of hydrogen-bond acceptors (Lipinski definition) is 7. The first-order valence-corrected chi connectivity index (χ1v) is 8.46. The molecule has 0 fully saturated rings. The number of methoxy groups -OCH3 is 2. The minimum atomic E-state index is -0.00890. The number of benzene rings is 1. The van der Waals surface area contributed by atoms with Crippen LogP contribution >= 0.6 is 11.3 Å². The van der Waals surface area contributed by atoms with Crippen LogP contribution in [0, 0.1) is 0 Å². The van der Waals surface area contributed by atoms with E-state index < -0.39 is 0 Å². The molecule has 8 heteroatoms. The molecule has 7 nitrogen and oxygen atoms in total. The van der Waals surface area contributed by atoms with Crippen molar-refractivity contribution in [3.8, 4) is 22.8 Å². The lowest BCUT2D eigenvalue weighted by atomic mass is 10.1. The highest BCUT2D eigenvalue weighted by molar-refractivity contribution is 7.20. The average Bonchev–Trinajstić information content (AvgIpc) is 3.18. The number of nitrogens with zero attached hydrogens (tertiary/aromatic N) is 3. The van der Waals surface area contributed by atoms with Gasteiger partial charge in [-0.25, -0.2) is 9.50 Å². The van der Waals surface area contributed by atoms with Crippen LogP contribution in [0.5, 0.6) is 11.5 Å². The molecule has 128 valence electrons. The Morgan fingerprint density at radius 2 is 2.08 bits per heavy atom. The zero-order chi connectivity index (χ0) is 17.1. The van der Waals surface area contributed by atoms with Crippen molar-refractivity contribution in [3.05, 3.63) is 24.4 Å². The summed E-state index contributed by atoms with van der Waals surface area (Å²) < 4.78 is 12.4. The molecule has 3 rings (SSSR count). The lowest BCUT2D eigenvalue weighted by Crippen LogP contribution is -2.22. The van der Waals surface area contributed by atoms with Gasteiger partial charge in [-0.1, -0.05) is 18.3 Å². The Balaban J connectivity index is 1.97. The van der Waals surface area contributed by atoms with Crippen molar-refractivity contribution in [2.24, 2.45) is 0 Å². The summed E-state index contributed by atoms with van der Waals surface area (Å²) in [6, 6.07) is 5.69. The van der Waals surface area contributed by atoms with Crippen LogP contribution < -0.4 is 14.8 Å². The summed E-state index contributed by atoms with van der Waals surface area (Å²) in [5.74, 6) is 1.33. The summed E-state index contributed by atoms with van der Waals surface area (Å²) >= 11 is 1.45. The van der Waals surface area contributed by atoms with Gasteiger partial charge in [-0.15, -0.1) is 5.10 Å². The van der Waals surface area contributed by atoms with Crippen LogP contribution in [-0.2, 0) is 0 Å². The molecule has 3 aromatic rings. The molecule has 2 heterocycles. The van der Waals surface area contributed by atoms with Crippen molar-refractivity contribution in [2.45, 2.75) is 19.4 Å². The molecule has 0 bridgehead atoms. The third-order valence-electron chi connectivity index (χ3n) is 3.81. The fourth-order valence-corrected chi connectivity index (χ4v) is 3.25. The zero-order valence-electron chi connectivity index (χ0n) is 13.8. The van der Waals surface area contributed by atoms with Gasteiger partial charge in [0, 0.05) is 5.56 Å². The van der Waals surface area contributed by atoms with Gasteiger partial charge < -0.3 is 19.9 Å². The van der Waals surface area contributed by atoms with E-state index in [-0.39, 0.29) is 12.6 Å². The molecular formula is C16H20N4O3S. The number of ether oxygens (including phenoxy) is 2. The van der Waals surface area contributed by atoms with Gasteiger partial charge in [-0.05, 0) is 24.6 Å². The van der Waals surface area contributed by atoms with Crippen LogP contribution in [0.1, 0.15) is 13.3 Å². The Labute approximate surface area is 143 Å². The van der Waals surface area contributed by atoms with E-state index >= 15 is 0 Å². The normalized spacial score (nSPS) is 12.3. The van der Waals surface area contributed by atoms with Crippen LogP contribution in [0.2, 0.25) is 0 Å². The summed E-state index contributed by atoms with van der Waals surface area (Å²) in [4.78, 5) is 5.20. The number of nitrogens with one attached hydrogen (secondary N) is 1. The van der Waals surface area contributed by atoms with Crippen molar-refractivity contribution < 1.29 is 14.6 Å². The third kappa shape index (κ3) is 3.02. The van der Waals surface area contributed by atoms with E-state index in [0.29, 0.717) is 11.5 Å². The molecule has 0 saturated carbocycles. The predicted molar refractivity (Wildman–Crippen MR) is 94.2 cm³/mol. The Morgan fingerprint density at radius 3 is 2.75 bits per heavy atom. The van der Waals surface area contributed by atoms with Gasteiger partial charge in [0.25, 0.3) is 0 Å². The second kappa shape index (κ2) is 7.06. The van der Waals surface area contributed by atoms with Gasteiger partial charge in [-0.3, -0.25) is 0 Å². The molecule has 1 unspecified atom stereocenters. The molecular weight excluding hydrogens is 328 g/mol. The fourth-order valence-electron chi connectivity index (χ4n) is 2.39. The summed E-state index contributed by atoms with van der Waals surface area (Å²) in [7, 11) is 3.22. The highest BCUT2D eigenvalue weighted by atomic mass is 32.1. The maximum atomic E-state index is 9.32. The van der Waals surface area contributed by atoms with Crippen molar-refractivity contribution in [2.75, 3.05) is 26.1 Å². The number of hydrogen-bond donors (Lipinski definition) is 2. The second-order valence-corrected chi connectivity index (χ2v) is 6.20. The molecule has 1 atom stereocenters. The van der Waals surface area contributed by atoms with Crippen LogP contribution in [0.4, 0.5) is 5.13 Å². The fraction of sp³-hybridized carbons (Fsp3) is 0.375. The molecule has 1 aromatic carbocycles. The Kier molecular flexibility index (Phi) is 4.86. The first-order chi connectivity index (χ1) is 11.7. The van der Waals surface area contributed by atoms with Crippen LogP contribution in [0.15, 0.2) is 24.4 Å². The number of aliphatic hydroxyl groups excluding tert-OH is 1. The van der Waals surface area contributed by atoms with Gasteiger partial charge in [0.2, 0.25) is 10.1 Å². The molecule has 2 N–H and O–H groups in total. The molecule has 0 aliphatic carbocycles. The van der Waals surface area contributed by atoms with Crippen LogP contribution in [0.25, 0.3) is 16.2 Å². The molecule has 24 heavy (non-hydrogen) atoms. The third-order valence-corrected chi connectivity index (χ3v) is 4.66. The van der Waals surface area contributed by atoms with Gasteiger partial charge >= 0.3 is 0 Å². The molecule has 0 radical (unpaired) electrons. The molecule has 0 saturated heterocycles. The lowest BCUT2D eigenvalue weighted by molar-refractivity contribution is 0.271. The van der Waals surface area contributed by atoms with E-state index in [0.717, 1.165) is 27.8 Å². The largest absolute Gasteiger partial charge is 0.493 e. The van der Waals surface area contributed by atoms with E-state index in [1.54, 1.807) is 24.9 Å². The number of fused-ring (bicyclic) bond motifs is 1. The summed E-state index contributed by atoms with van der Waals surface area (Å²) in [5, 5.41) is 17.8. The average molecular weight is 348 g/mol. The Hall–Kier alpha value is -2.32. The van der Waals surface area contributed by atoms with Gasteiger partial charge in [0.1, 0.15) is 0 Å². The Bertz CT molecular complexity index is 826. The maximum absolute atomic E-state index is 9.32. The molecule has 0 amide bonds. The van der Waals surface area contributed by atoms with Gasteiger partial charge in [0.15, 0.2) is 11.5 Å². The Morgan fingerprint density at radius 1 is 1.29 bits per heavy atom. The highest BCUT2D eigenvalue weighted by Crippen LogP contribution is 2.33. The lowest BCUT2D eigenvalue weighted by Gasteiger charge is -2.11. The number of rotatable bonds is 7. The first kappa shape index (κ1) is 16.5. The van der Waals surface area contributed by atoms with Crippen molar-refractivity contribution in [1.82, 2.24) is 14.6 Å². The van der Waals surface area contributed by atoms with E-state index in [4.69, 9.17) is 9.47 Å². The van der Waals surface area contributed by atoms with E-state index in [1.165, 1.54) is 11.3 Å². The summed E-state index contributed by atoms with van der Waals surface area (Å²) in [6.07, 6.45) is 2.61.